The summed E-state index contributed by atoms with van der Waals surface area (Å²) < 4.78 is 1.21. The van der Waals surface area contributed by atoms with Gasteiger partial charge in [0.25, 0.3) is 0 Å². The molecule has 0 heterocycles. The lowest BCUT2D eigenvalue weighted by Gasteiger charge is -2.20. The topological polar surface area (TPSA) is 12.0 Å². The molecule has 0 saturated heterocycles. The second kappa shape index (κ2) is 5.02. The Labute approximate surface area is 101 Å². The van der Waals surface area contributed by atoms with Gasteiger partial charge in [-0.1, -0.05) is 29.8 Å². The lowest BCUT2D eigenvalue weighted by molar-refractivity contribution is 0.560. The van der Waals surface area contributed by atoms with E-state index in [0.717, 1.165) is 0 Å². The SMILES string of the molecule is Cc1cc(NC(C)C(C)C)cc(C)c1Br. The number of aryl methyl sites for hydroxylation is 2. The zero-order valence-electron chi connectivity index (χ0n) is 10.2. The van der Waals surface area contributed by atoms with E-state index >= 15 is 0 Å². The van der Waals surface area contributed by atoms with Crippen molar-refractivity contribution in [3.05, 3.63) is 27.7 Å². The van der Waals surface area contributed by atoms with Crippen molar-refractivity contribution in [2.24, 2.45) is 5.92 Å². The van der Waals surface area contributed by atoms with Crippen LogP contribution in [0.2, 0.25) is 0 Å². The number of hydrogen-bond donors (Lipinski definition) is 1. The van der Waals surface area contributed by atoms with Crippen LogP contribution in [0.3, 0.4) is 0 Å². The van der Waals surface area contributed by atoms with Gasteiger partial charge in [-0.25, -0.2) is 0 Å². The predicted octanol–water partition coefficient (Wildman–Crippen LogP) is 4.52. The third kappa shape index (κ3) is 3.23. The molecule has 1 aromatic carbocycles. The van der Waals surface area contributed by atoms with Gasteiger partial charge in [0.15, 0.2) is 0 Å². The average molecular weight is 270 g/mol. The maximum atomic E-state index is 3.58. The van der Waals surface area contributed by atoms with Gasteiger partial charge in [-0.3, -0.25) is 0 Å². The Morgan fingerprint density at radius 3 is 1.93 bits per heavy atom. The molecular weight excluding hydrogens is 250 g/mol. The Morgan fingerprint density at radius 2 is 1.53 bits per heavy atom. The summed E-state index contributed by atoms with van der Waals surface area (Å²) >= 11 is 3.58. The molecule has 1 aromatic rings. The largest absolute Gasteiger partial charge is 0.382 e. The van der Waals surface area contributed by atoms with Crippen LogP contribution in [0.5, 0.6) is 0 Å². The van der Waals surface area contributed by atoms with Crippen LogP contribution >= 0.6 is 15.9 Å². The van der Waals surface area contributed by atoms with Crippen molar-refractivity contribution in [1.29, 1.82) is 0 Å². The Bertz CT molecular complexity index is 321. The maximum Gasteiger partial charge on any atom is 0.0348 e. The molecule has 0 saturated carbocycles. The summed E-state index contributed by atoms with van der Waals surface area (Å²) in [6, 6.07) is 4.89. The number of benzene rings is 1. The van der Waals surface area contributed by atoms with Crippen LogP contribution in [0, 0.1) is 19.8 Å². The molecule has 0 aromatic heterocycles. The van der Waals surface area contributed by atoms with Gasteiger partial charge in [-0.2, -0.15) is 0 Å². The molecule has 1 unspecified atom stereocenters. The van der Waals surface area contributed by atoms with Gasteiger partial charge >= 0.3 is 0 Å². The van der Waals surface area contributed by atoms with Crippen molar-refractivity contribution < 1.29 is 0 Å². The van der Waals surface area contributed by atoms with E-state index in [-0.39, 0.29) is 0 Å². The number of anilines is 1. The van der Waals surface area contributed by atoms with Gasteiger partial charge in [0, 0.05) is 16.2 Å². The first-order valence-electron chi connectivity index (χ1n) is 5.45. The number of nitrogens with one attached hydrogen (secondary N) is 1. The van der Waals surface area contributed by atoms with E-state index in [0.29, 0.717) is 12.0 Å². The van der Waals surface area contributed by atoms with E-state index < -0.39 is 0 Å². The first-order chi connectivity index (χ1) is 6.91. The fourth-order valence-corrected chi connectivity index (χ4v) is 1.69. The van der Waals surface area contributed by atoms with Gasteiger partial charge < -0.3 is 5.32 Å². The van der Waals surface area contributed by atoms with Gasteiger partial charge in [0.05, 0.1) is 0 Å². The van der Waals surface area contributed by atoms with E-state index in [1.165, 1.54) is 21.3 Å². The smallest absolute Gasteiger partial charge is 0.0348 e. The highest BCUT2D eigenvalue weighted by atomic mass is 79.9. The van der Waals surface area contributed by atoms with Gasteiger partial charge in [0.2, 0.25) is 0 Å². The highest BCUT2D eigenvalue weighted by molar-refractivity contribution is 9.10. The zero-order valence-corrected chi connectivity index (χ0v) is 11.8. The number of hydrogen-bond acceptors (Lipinski definition) is 1. The minimum Gasteiger partial charge on any atom is -0.382 e. The van der Waals surface area contributed by atoms with Crippen molar-refractivity contribution in [3.8, 4) is 0 Å². The highest BCUT2D eigenvalue weighted by Crippen LogP contribution is 2.25. The zero-order chi connectivity index (χ0) is 11.6. The summed E-state index contributed by atoms with van der Waals surface area (Å²) in [6.45, 7) is 10.9. The van der Waals surface area contributed by atoms with Crippen molar-refractivity contribution in [3.63, 3.8) is 0 Å². The summed E-state index contributed by atoms with van der Waals surface area (Å²) in [6.07, 6.45) is 0. The highest BCUT2D eigenvalue weighted by Gasteiger charge is 2.08. The van der Waals surface area contributed by atoms with Crippen LogP contribution in [-0.2, 0) is 0 Å². The predicted molar refractivity (Wildman–Crippen MR) is 71.5 cm³/mol. The minimum atomic E-state index is 0.505. The molecule has 1 atom stereocenters. The molecule has 0 amide bonds. The average Bonchev–Trinajstić information content (AvgIpc) is 2.13. The first kappa shape index (κ1) is 12.6. The molecule has 1 rings (SSSR count). The molecule has 2 heteroatoms. The van der Waals surface area contributed by atoms with E-state index in [1.807, 2.05) is 0 Å². The van der Waals surface area contributed by atoms with E-state index in [1.54, 1.807) is 0 Å². The van der Waals surface area contributed by atoms with Crippen LogP contribution in [0.1, 0.15) is 31.9 Å². The monoisotopic (exact) mass is 269 g/mol. The standard InChI is InChI=1S/C13H20BrN/c1-8(2)11(5)15-12-6-9(3)13(14)10(4)7-12/h6-8,11,15H,1-5H3. The molecule has 0 bridgehead atoms. The van der Waals surface area contributed by atoms with Crippen LogP contribution in [0.15, 0.2) is 16.6 Å². The summed E-state index contributed by atoms with van der Waals surface area (Å²) in [5, 5.41) is 3.53. The third-order valence-electron chi connectivity index (χ3n) is 2.83. The quantitative estimate of drug-likeness (QED) is 0.851. The Balaban J connectivity index is 2.88. The Hall–Kier alpha value is -0.500. The lowest BCUT2D eigenvalue weighted by Crippen LogP contribution is -2.21. The first-order valence-corrected chi connectivity index (χ1v) is 6.24. The molecule has 0 spiro atoms. The molecule has 0 fully saturated rings. The van der Waals surface area contributed by atoms with Crippen molar-refractivity contribution in [1.82, 2.24) is 0 Å². The molecule has 15 heavy (non-hydrogen) atoms. The Morgan fingerprint density at radius 1 is 1.07 bits per heavy atom. The third-order valence-corrected chi connectivity index (χ3v) is 4.08. The Kier molecular flexibility index (Phi) is 4.21. The molecule has 0 aliphatic heterocycles. The fourth-order valence-electron chi connectivity index (χ4n) is 1.46. The van der Waals surface area contributed by atoms with Crippen molar-refractivity contribution in [2.45, 2.75) is 40.7 Å². The molecule has 84 valence electrons. The second-order valence-electron chi connectivity index (χ2n) is 4.60. The van der Waals surface area contributed by atoms with Crippen molar-refractivity contribution in [2.75, 3.05) is 5.32 Å². The molecule has 0 aliphatic rings. The maximum absolute atomic E-state index is 3.58. The van der Waals surface area contributed by atoms with E-state index in [2.05, 4.69) is 68.0 Å². The second-order valence-corrected chi connectivity index (χ2v) is 5.39. The normalized spacial score (nSPS) is 13.0. The molecule has 1 nitrogen and oxygen atoms in total. The van der Waals surface area contributed by atoms with Gasteiger partial charge in [-0.05, 0) is 49.9 Å². The molecule has 0 aliphatic carbocycles. The van der Waals surface area contributed by atoms with Gasteiger partial charge in [-0.15, -0.1) is 0 Å². The molecular formula is C13H20BrN. The van der Waals surface area contributed by atoms with Gasteiger partial charge in [0.1, 0.15) is 0 Å². The number of halogens is 1. The number of rotatable bonds is 3. The summed E-state index contributed by atoms with van der Waals surface area (Å²) in [5.74, 6) is 0.647. The van der Waals surface area contributed by atoms with Crippen LogP contribution in [-0.4, -0.2) is 6.04 Å². The molecule has 1 N–H and O–H groups in total. The molecule has 0 radical (unpaired) electrons. The van der Waals surface area contributed by atoms with Crippen LogP contribution in [0.25, 0.3) is 0 Å². The summed E-state index contributed by atoms with van der Waals surface area (Å²) in [5.41, 5.74) is 3.79. The fraction of sp³-hybridized carbons (Fsp3) is 0.538. The minimum absolute atomic E-state index is 0.505. The summed E-state index contributed by atoms with van der Waals surface area (Å²) in [7, 11) is 0. The van der Waals surface area contributed by atoms with Crippen LogP contribution in [0.4, 0.5) is 5.69 Å². The van der Waals surface area contributed by atoms with Crippen LogP contribution < -0.4 is 5.32 Å². The van der Waals surface area contributed by atoms with E-state index in [4.69, 9.17) is 0 Å². The summed E-state index contributed by atoms with van der Waals surface area (Å²) in [4.78, 5) is 0. The van der Waals surface area contributed by atoms with Crippen molar-refractivity contribution >= 4 is 21.6 Å². The lowest BCUT2D eigenvalue weighted by atomic mass is 10.1. The van der Waals surface area contributed by atoms with E-state index in [9.17, 15) is 0 Å².